The Bertz CT molecular complexity index is 1300. The molecule has 5 rings (SSSR count). The molecular weight excluding hydrogens is 407 g/mol. The minimum Gasteiger partial charge on any atom is -0.480 e. The second-order valence-electron chi connectivity index (χ2n) is 6.88. The second kappa shape index (κ2) is 7.07. The molecule has 0 saturated heterocycles. The Hall–Kier alpha value is -3.52. The van der Waals surface area contributed by atoms with Gasteiger partial charge in [-0.05, 0) is 41.8 Å². The van der Waals surface area contributed by atoms with Gasteiger partial charge < -0.3 is 15.4 Å². The maximum absolute atomic E-state index is 13.9. The number of nitrogens with two attached hydrogens (primary N) is 1. The van der Waals surface area contributed by atoms with Crippen molar-refractivity contribution in [3.05, 3.63) is 59.3 Å². The number of rotatable bonds is 3. The van der Waals surface area contributed by atoms with Gasteiger partial charge in [0.05, 0.1) is 23.2 Å². The normalized spacial score (nSPS) is 13.0. The molecule has 2 aromatic heterocycles. The Morgan fingerprint density at radius 1 is 1.17 bits per heavy atom. The van der Waals surface area contributed by atoms with Crippen molar-refractivity contribution < 1.29 is 9.13 Å². The highest BCUT2D eigenvalue weighted by Crippen LogP contribution is 2.40. The number of halogens is 2. The van der Waals surface area contributed by atoms with Gasteiger partial charge in [-0.15, -0.1) is 0 Å². The van der Waals surface area contributed by atoms with E-state index in [4.69, 9.17) is 22.1 Å². The zero-order chi connectivity index (χ0) is 20.8. The van der Waals surface area contributed by atoms with Crippen molar-refractivity contribution >= 4 is 40.0 Å². The van der Waals surface area contributed by atoms with E-state index in [1.807, 2.05) is 23.1 Å². The zero-order valence-corrected chi connectivity index (χ0v) is 16.7. The maximum atomic E-state index is 13.9. The van der Waals surface area contributed by atoms with Crippen LogP contribution in [-0.4, -0.2) is 33.6 Å². The summed E-state index contributed by atoms with van der Waals surface area (Å²) in [6.07, 6.45) is 3.85. The van der Waals surface area contributed by atoms with Crippen LogP contribution in [0.1, 0.15) is 5.56 Å². The molecule has 2 N–H and O–H groups in total. The molecule has 0 saturated carbocycles. The predicted octanol–water partition coefficient (Wildman–Crippen LogP) is 4.16. The van der Waals surface area contributed by atoms with Crippen LogP contribution < -0.4 is 15.4 Å². The van der Waals surface area contributed by atoms with Crippen LogP contribution in [0.3, 0.4) is 0 Å². The lowest BCUT2D eigenvalue weighted by Gasteiger charge is -2.20. The molecule has 0 fully saturated rings. The van der Waals surface area contributed by atoms with Crippen LogP contribution in [0.2, 0.25) is 5.02 Å². The SMILES string of the molecule is COc1nc(N)ncc1-c1ccc2ncnc(N3CCc4cc(F)c(Cl)cc43)c2c1. The van der Waals surface area contributed by atoms with Gasteiger partial charge in [-0.2, -0.15) is 4.98 Å². The molecule has 4 aromatic rings. The highest BCUT2D eigenvalue weighted by atomic mass is 35.5. The van der Waals surface area contributed by atoms with Crippen molar-refractivity contribution in [2.24, 2.45) is 0 Å². The molecule has 1 aliphatic rings. The van der Waals surface area contributed by atoms with Gasteiger partial charge >= 0.3 is 0 Å². The van der Waals surface area contributed by atoms with E-state index < -0.39 is 5.82 Å². The van der Waals surface area contributed by atoms with E-state index in [1.165, 1.54) is 19.5 Å². The Morgan fingerprint density at radius 2 is 2.03 bits per heavy atom. The average molecular weight is 423 g/mol. The molecule has 150 valence electrons. The van der Waals surface area contributed by atoms with E-state index in [0.717, 1.165) is 33.5 Å². The predicted molar refractivity (Wildman–Crippen MR) is 114 cm³/mol. The van der Waals surface area contributed by atoms with E-state index in [2.05, 4.69) is 19.9 Å². The first-order chi connectivity index (χ1) is 14.5. The molecule has 0 amide bonds. The summed E-state index contributed by atoms with van der Waals surface area (Å²) in [5.74, 6) is 0.827. The van der Waals surface area contributed by atoms with E-state index >= 15 is 0 Å². The summed E-state index contributed by atoms with van der Waals surface area (Å²) in [6, 6.07) is 8.92. The topological polar surface area (TPSA) is 90.0 Å². The van der Waals surface area contributed by atoms with Gasteiger partial charge in [0.15, 0.2) is 0 Å². The monoisotopic (exact) mass is 422 g/mol. The van der Waals surface area contributed by atoms with Crippen molar-refractivity contribution in [3.63, 3.8) is 0 Å². The molecule has 0 spiro atoms. The quantitative estimate of drug-likeness (QED) is 0.530. The van der Waals surface area contributed by atoms with Gasteiger partial charge in [0.1, 0.15) is 18.0 Å². The first-order valence-electron chi connectivity index (χ1n) is 9.22. The zero-order valence-electron chi connectivity index (χ0n) is 15.9. The number of hydrogen-bond donors (Lipinski definition) is 1. The fourth-order valence-electron chi connectivity index (χ4n) is 3.76. The minimum atomic E-state index is -0.414. The summed E-state index contributed by atoms with van der Waals surface area (Å²) < 4.78 is 19.3. The molecule has 1 aliphatic heterocycles. The number of nitrogens with zero attached hydrogens (tertiary/aromatic N) is 5. The molecule has 0 bridgehead atoms. The molecule has 0 radical (unpaired) electrons. The fourth-order valence-corrected chi connectivity index (χ4v) is 3.92. The van der Waals surface area contributed by atoms with E-state index in [9.17, 15) is 4.39 Å². The second-order valence-corrected chi connectivity index (χ2v) is 7.28. The number of ether oxygens (including phenoxy) is 1. The van der Waals surface area contributed by atoms with E-state index in [0.29, 0.717) is 24.4 Å². The lowest BCUT2D eigenvalue weighted by Crippen LogP contribution is -2.15. The standard InChI is InChI=1S/C21H16ClFN6O/c1-30-20-14(9-25-21(24)28-20)11-2-3-17-13(6-11)19(27-10-26-17)29-5-4-12-7-16(23)15(22)8-18(12)29/h2-3,6-10H,4-5H2,1H3,(H2,24,25,28). The number of fused-ring (bicyclic) bond motifs is 2. The number of hydrogen-bond acceptors (Lipinski definition) is 7. The molecule has 2 aromatic carbocycles. The first-order valence-corrected chi connectivity index (χ1v) is 9.60. The minimum absolute atomic E-state index is 0.0865. The Balaban J connectivity index is 1.67. The number of aromatic nitrogens is 4. The van der Waals surface area contributed by atoms with Crippen molar-refractivity contribution in [2.45, 2.75) is 6.42 Å². The third-order valence-electron chi connectivity index (χ3n) is 5.16. The van der Waals surface area contributed by atoms with Gasteiger partial charge in [0, 0.05) is 23.8 Å². The van der Waals surface area contributed by atoms with Gasteiger partial charge in [-0.25, -0.2) is 19.3 Å². The molecule has 7 nitrogen and oxygen atoms in total. The van der Waals surface area contributed by atoms with Gasteiger partial charge in [0.25, 0.3) is 0 Å². The Kier molecular flexibility index (Phi) is 4.36. The van der Waals surface area contributed by atoms with Crippen LogP contribution in [0.25, 0.3) is 22.0 Å². The van der Waals surface area contributed by atoms with Gasteiger partial charge in [0.2, 0.25) is 11.8 Å². The highest BCUT2D eigenvalue weighted by molar-refractivity contribution is 6.31. The van der Waals surface area contributed by atoms with Gasteiger partial charge in [-0.1, -0.05) is 17.7 Å². The largest absolute Gasteiger partial charge is 0.480 e. The summed E-state index contributed by atoms with van der Waals surface area (Å²) >= 11 is 6.04. The molecule has 0 atom stereocenters. The van der Waals surface area contributed by atoms with E-state index in [1.54, 1.807) is 12.3 Å². The van der Waals surface area contributed by atoms with Crippen LogP contribution in [-0.2, 0) is 6.42 Å². The molecule has 0 unspecified atom stereocenters. The first kappa shape index (κ1) is 18.5. The van der Waals surface area contributed by atoms with Crippen molar-refractivity contribution in [1.82, 2.24) is 19.9 Å². The summed E-state index contributed by atoms with van der Waals surface area (Å²) in [6.45, 7) is 0.666. The van der Waals surface area contributed by atoms with Crippen molar-refractivity contribution in [3.8, 4) is 17.0 Å². The Morgan fingerprint density at radius 3 is 2.87 bits per heavy atom. The van der Waals surface area contributed by atoms with Gasteiger partial charge in [-0.3, -0.25) is 0 Å². The lowest BCUT2D eigenvalue weighted by atomic mass is 10.1. The highest BCUT2D eigenvalue weighted by Gasteiger charge is 2.25. The van der Waals surface area contributed by atoms with Crippen LogP contribution in [0.4, 0.5) is 21.8 Å². The summed E-state index contributed by atoms with van der Waals surface area (Å²) in [5.41, 5.74) is 9.75. The molecular formula is C21H16ClFN6O. The number of methoxy groups -OCH3 is 1. The maximum Gasteiger partial charge on any atom is 0.225 e. The summed E-state index contributed by atoms with van der Waals surface area (Å²) in [4.78, 5) is 19.2. The molecule has 3 heterocycles. The smallest absolute Gasteiger partial charge is 0.225 e. The average Bonchev–Trinajstić information content (AvgIpc) is 3.15. The summed E-state index contributed by atoms with van der Waals surface area (Å²) in [7, 11) is 1.53. The molecule has 30 heavy (non-hydrogen) atoms. The molecule has 0 aliphatic carbocycles. The van der Waals surface area contributed by atoms with Crippen LogP contribution in [0.15, 0.2) is 42.9 Å². The van der Waals surface area contributed by atoms with Crippen LogP contribution in [0, 0.1) is 5.82 Å². The number of benzene rings is 2. The van der Waals surface area contributed by atoms with Crippen molar-refractivity contribution in [1.29, 1.82) is 0 Å². The van der Waals surface area contributed by atoms with E-state index in [-0.39, 0.29) is 11.0 Å². The summed E-state index contributed by atoms with van der Waals surface area (Å²) in [5, 5.41) is 0.922. The van der Waals surface area contributed by atoms with Crippen LogP contribution >= 0.6 is 11.6 Å². The Labute approximate surface area is 176 Å². The third-order valence-corrected chi connectivity index (χ3v) is 5.45. The number of anilines is 3. The molecule has 9 heteroatoms. The van der Waals surface area contributed by atoms with Crippen molar-refractivity contribution in [2.75, 3.05) is 24.3 Å². The lowest BCUT2D eigenvalue weighted by molar-refractivity contribution is 0.399. The number of nitrogen functional groups attached to an aromatic ring is 1. The van der Waals surface area contributed by atoms with Crippen LogP contribution in [0.5, 0.6) is 5.88 Å². The third kappa shape index (κ3) is 2.96. The fraction of sp³-hybridized carbons (Fsp3) is 0.143.